The lowest BCUT2D eigenvalue weighted by Gasteiger charge is -2.42. The van der Waals surface area contributed by atoms with Gasteiger partial charge < -0.3 is 11.1 Å². The molecule has 3 unspecified atom stereocenters. The van der Waals surface area contributed by atoms with E-state index in [0.717, 1.165) is 13.0 Å². The van der Waals surface area contributed by atoms with Crippen LogP contribution in [0.4, 0.5) is 0 Å². The number of carbonyl (C=O) groups excluding carboxylic acids is 1. The summed E-state index contributed by atoms with van der Waals surface area (Å²) in [5.41, 5.74) is 8.67. The third-order valence-corrected chi connectivity index (χ3v) is 4.00. The maximum absolute atomic E-state index is 12.1. The van der Waals surface area contributed by atoms with Gasteiger partial charge in [0.05, 0.1) is 12.1 Å². The smallest absolute Gasteiger partial charge is 0.237 e. The van der Waals surface area contributed by atoms with Crippen LogP contribution in [0.3, 0.4) is 0 Å². The maximum Gasteiger partial charge on any atom is 0.237 e. The summed E-state index contributed by atoms with van der Waals surface area (Å²) in [6.07, 6.45) is 0.806. The van der Waals surface area contributed by atoms with Crippen LogP contribution in [0.15, 0.2) is 24.3 Å². The highest BCUT2D eigenvalue weighted by Gasteiger charge is 2.35. The highest BCUT2D eigenvalue weighted by atomic mass is 16.2. The maximum atomic E-state index is 12.1. The Morgan fingerprint density at radius 2 is 2.25 bits per heavy atom. The molecular formula is C16H25N3O. The van der Waals surface area contributed by atoms with Crippen molar-refractivity contribution in [2.75, 3.05) is 13.1 Å². The summed E-state index contributed by atoms with van der Waals surface area (Å²) in [5.74, 6) is 0.122. The molecule has 1 aliphatic rings. The van der Waals surface area contributed by atoms with Gasteiger partial charge in [-0.2, -0.15) is 0 Å². The molecule has 0 radical (unpaired) electrons. The van der Waals surface area contributed by atoms with Gasteiger partial charge in [-0.05, 0) is 25.8 Å². The lowest BCUT2D eigenvalue weighted by Crippen LogP contribution is -2.58. The van der Waals surface area contributed by atoms with Crippen LogP contribution in [0.5, 0.6) is 0 Å². The van der Waals surface area contributed by atoms with Crippen molar-refractivity contribution in [1.29, 1.82) is 0 Å². The first kappa shape index (κ1) is 15.0. The summed E-state index contributed by atoms with van der Waals surface area (Å²) in [5, 5.41) is 2.95. The molecule has 1 aromatic rings. The molecule has 0 spiro atoms. The van der Waals surface area contributed by atoms with E-state index in [4.69, 9.17) is 5.73 Å². The Morgan fingerprint density at radius 3 is 2.85 bits per heavy atom. The minimum Gasteiger partial charge on any atom is -0.353 e. The van der Waals surface area contributed by atoms with Crippen LogP contribution in [0.1, 0.15) is 37.4 Å². The van der Waals surface area contributed by atoms with E-state index >= 15 is 0 Å². The van der Waals surface area contributed by atoms with E-state index in [-0.39, 0.29) is 24.0 Å². The van der Waals surface area contributed by atoms with Crippen molar-refractivity contribution in [3.05, 3.63) is 35.4 Å². The zero-order chi connectivity index (χ0) is 14.7. The van der Waals surface area contributed by atoms with E-state index in [2.05, 4.69) is 48.3 Å². The van der Waals surface area contributed by atoms with Crippen LogP contribution in [-0.2, 0) is 4.79 Å². The topological polar surface area (TPSA) is 58.4 Å². The lowest BCUT2D eigenvalue weighted by molar-refractivity contribution is -0.130. The van der Waals surface area contributed by atoms with Gasteiger partial charge in [0.15, 0.2) is 0 Å². The fraction of sp³-hybridized carbons (Fsp3) is 0.562. The molecule has 1 saturated heterocycles. The van der Waals surface area contributed by atoms with Crippen LogP contribution in [0.2, 0.25) is 0 Å². The summed E-state index contributed by atoms with van der Waals surface area (Å²) in [6.45, 7) is 7.71. The number of piperazine rings is 1. The highest BCUT2D eigenvalue weighted by molar-refractivity contribution is 5.82. The van der Waals surface area contributed by atoms with Crippen LogP contribution in [0.25, 0.3) is 0 Å². The number of nitrogens with one attached hydrogen (secondary N) is 1. The summed E-state index contributed by atoms with van der Waals surface area (Å²) < 4.78 is 0. The van der Waals surface area contributed by atoms with Gasteiger partial charge in [-0.25, -0.2) is 0 Å². The van der Waals surface area contributed by atoms with Crippen LogP contribution in [-0.4, -0.2) is 36.0 Å². The van der Waals surface area contributed by atoms with Crippen LogP contribution in [0, 0.1) is 6.92 Å². The van der Waals surface area contributed by atoms with Gasteiger partial charge in [-0.3, -0.25) is 9.69 Å². The Balaban J connectivity index is 2.34. The van der Waals surface area contributed by atoms with Crippen molar-refractivity contribution >= 4 is 5.91 Å². The van der Waals surface area contributed by atoms with Crippen molar-refractivity contribution in [2.45, 2.75) is 45.3 Å². The van der Waals surface area contributed by atoms with Crippen molar-refractivity contribution in [3.63, 3.8) is 0 Å². The molecule has 0 aliphatic carbocycles. The number of aryl methyl sites for hydroxylation is 1. The first-order valence-electron chi connectivity index (χ1n) is 7.40. The van der Waals surface area contributed by atoms with Crippen molar-refractivity contribution < 1.29 is 4.79 Å². The molecule has 1 heterocycles. The summed E-state index contributed by atoms with van der Waals surface area (Å²) >= 11 is 0. The lowest BCUT2D eigenvalue weighted by atomic mass is 9.94. The van der Waals surface area contributed by atoms with Gasteiger partial charge >= 0.3 is 0 Å². The number of nitrogens with zero attached hydrogens (tertiary/aromatic N) is 1. The van der Waals surface area contributed by atoms with E-state index in [1.54, 1.807) is 0 Å². The van der Waals surface area contributed by atoms with Crippen LogP contribution >= 0.6 is 0 Å². The Hall–Kier alpha value is -1.39. The first-order valence-corrected chi connectivity index (χ1v) is 7.40. The minimum absolute atomic E-state index is 0.0169. The summed E-state index contributed by atoms with van der Waals surface area (Å²) in [6, 6.07) is 8.42. The molecule has 0 saturated carbocycles. The van der Waals surface area contributed by atoms with Crippen molar-refractivity contribution in [3.8, 4) is 0 Å². The van der Waals surface area contributed by atoms with Gasteiger partial charge in [0.2, 0.25) is 5.91 Å². The Kier molecular flexibility index (Phi) is 4.78. The molecule has 1 aromatic carbocycles. The second kappa shape index (κ2) is 6.37. The van der Waals surface area contributed by atoms with Crippen molar-refractivity contribution in [1.82, 2.24) is 10.2 Å². The molecule has 4 nitrogen and oxygen atoms in total. The predicted octanol–water partition coefficient (Wildman–Crippen LogP) is 1.59. The van der Waals surface area contributed by atoms with E-state index in [9.17, 15) is 4.79 Å². The third-order valence-electron chi connectivity index (χ3n) is 4.00. The number of hydrogen-bond donors (Lipinski definition) is 2. The SMILES string of the molecule is CCC1C(=O)NCCN1C(c1cccc(C)c1)C(C)N. The van der Waals surface area contributed by atoms with Gasteiger partial charge in [0.1, 0.15) is 0 Å². The van der Waals surface area contributed by atoms with E-state index in [1.807, 2.05) is 6.92 Å². The molecule has 4 heteroatoms. The number of amides is 1. The van der Waals surface area contributed by atoms with Crippen molar-refractivity contribution in [2.24, 2.45) is 5.73 Å². The van der Waals surface area contributed by atoms with Gasteiger partial charge in [0.25, 0.3) is 0 Å². The molecule has 1 fully saturated rings. The van der Waals surface area contributed by atoms with Gasteiger partial charge in [0, 0.05) is 19.1 Å². The summed E-state index contributed by atoms with van der Waals surface area (Å²) in [4.78, 5) is 14.3. The fourth-order valence-electron chi connectivity index (χ4n) is 3.14. The molecule has 0 aromatic heterocycles. The highest BCUT2D eigenvalue weighted by Crippen LogP contribution is 2.28. The molecule has 1 amide bonds. The number of hydrogen-bond acceptors (Lipinski definition) is 3. The standard InChI is InChI=1S/C16H25N3O/c1-4-14-16(20)18-8-9-19(14)15(12(3)17)13-7-5-6-11(2)10-13/h5-7,10,12,14-15H,4,8-9,17H2,1-3H3,(H,18,20). The Morgan fingerprint density at radius 1 is 1.50 bits per heavy atom. The normalized spacial score (nSPS) is 23.2. The largest absolute Gasteiger partial charge is 0.353 e. The second-order valence-electron chi connectivity index (χ2n) is 5.67. The molecule has 0 bridgehead atoms. The van der Waals surface area contributed by atoms with E-state index in [0.29, 0.717) is 6.54 Å². The molecule has 1 aliphatic heterocycles. The van der Waals surface area contributed by atoms with E-state index in [1.165, 1.54) is 11.1 Å². The molecule has 110 valence electrons. The first-order chi connectivity index (χ1) is 9.54. The monoisotopic (exact) mass is 275 g/mol. The predicted molar refractivity (Wildman–Crippen MR) is 81.4 cm³/mol. The zero-order valence-corrected chi connectivity index (χ0v) is 12.6. The number of benzene rings is 1. The number of carbonyl (C=O) groups is 1. The quantitative estimate of drug-likeness (QED) is 0.877. The van der Waals surface area contributed by atoms with Crippen LogP contribution < -0.4 is 11.1 Å². The number of rotatable bonds is 4. The van der Waals surface area contributed by atoms with E-state index < -0.39 is 0 Å². The Labute approximate surface area is 121 Å². The zero-order valence-electron chi connectivity index (χ0n) is 12.6. The Bertz CT molecular complexity index is 473. The average molecular weight is 275 g/mol. The third kappa shape index (κ3) is 3.02. The number of nitrogens with two attached hydrogens (primary N) is 1. The summed E-state index contributed by atoms with van der Waals surface area (Å²) in [7, 11) is 0. The molecule has 3 N–H and O–H groups in total. The molecule has 20 heavy (non-hydrogen) atoms. The average Bonchev–Trinajstić information content (AvgIpc) is 2.39. The van der Waals surface area contributed by atoms with Gasteiger partial charge in [-0.1, -0.05) is 36.8 Å². The molecule has 3 atom stereocenters. The minimum atomic E-state index is -0.0831. The fourth-order valence-corrected chi connectivity index (χ4v) is 3.14. The molecule has 2 rings (SSSR count). The van der Waals surface area contributed by atoms with Gasteiger partial charge in [-0.15, -0.1) is 0 Å². The second-order valence-corrected chi connectivity index (χ2v) is 5.67. The molecular weight excluding hydrogens is 250 g/mol.